The second-order valence-electron chi connectivity index (χ2n) is 6.36. The van der Waals surface area contributed by atoms with Crippen molar-refractivity contribution < 1.29 is 4.79 Å². The minimum atomic E-state index is 0.253. The standard InChI is InChI=1S/C14H24N2O/c1-16(2)11(17)4-3-7-15-14-12-9-5-6-10(8-9)13(12)14/h9-10,12-15H,3-8H2,1-2H3. The maximum atomic E-state index is 11.4. The van der Waals surface area contributed by atoms with Crippen LogP contribution in [-0.2, 0) is 4.79 Å². The average molecular weight is 236 g/mol. The first kappa shape index (κ1) is 11.5. The van der Waals surface area contributed by atoms with Gasteiger partial charge in [0.25, 0.3) is 0 Å². The molecule has 3 rings (SSSR count). The Bertz CT molecular complexity index is 299. The maximum absolute atomic E-state index is 11.4. The van der Waals surface area contributed by atoms with Crippen molar-refractivity contribution in [3.05, 3.63) is 0 Å². The molecule has 3 nitrogen and oxygen atoms in total. The summed E-state index contributed by atoms with van der Waals surface area (Å²) in [6.07, 6.45) is 6.18. The van der Waals surface area contributed by atoms with Crippen molar-refractivity contribution in [3.63, 3.8) is 0 Å². The largest absolute Gasteiger partial charge is 0.349 e. The average Bonchev–Trinajstić information content (AvgIpc) is 2.70. The molecule has 2 bridgehead atoms. The predicted octanol–water partition coefficient (Wildman–Crippen LogP) is 1.49. The summed E-state index contributed by atoms with van der Waals surface area (Å²) < 4.78 is 0. The molecule has 0 aliphatic heterocycles. The molecule has 1 amide bonds. The summed E-state index contributed by atoms with van der Waals surface area (Å²) in [6, 6.07) is 0.815. The quantitative estimate of drug-likeness (QED) is 0.734. The van der Waals surface area contributed by atoms with E-state index in [0.717, 1.165) is 42.7 Å². The van der Waals surface area contributed by atoms with Gasteiger partial charge in [0.2, 0.25) is 5.91 Å². The van der Waals surface area contributed by atoms with Crippen LogP contribution in [0.4, 0.5) is 0 Å². The van der Waals surface area contributed by atoms with E-state index in [1.165, 1.54) is 19.3 Å². The number of nitrogens with zero attached hydrogens (tertiary/aromatic N) is 1. The summed E-state index contributed by atoms with van der Waals surface area (Å²) >= 11 is 0. The molecule has 3 heteroatoms. The van der Waals surface area contributed by atoms with Crippen LogP contribution in [0.25, 0.3) is 0 Å². The Morgan fingerprint density at radius 1 is 1.24 bits per heavy atom. The zero-order chi connectivity index (χ0) is 12.0. The van der Waals surface area contributed by atoms with Crippen molar-refractivity contribution in [2.45, 2.75) is 38.1 Å². The van der Waals surface area contributed by atoms with E-state index >= 15 is 0 Å². The fraction of sp³-hybridized carbons (Fsp3) is 0.929. The molecule has 0 heterocycles. The van der Waals surface area contributed by atoms with Gasteiger partial charge in [-0.05, 0) is 55.9 Å². The third-order valence-corrected chi connectivity index (χ3v) is 5.18. The van der Waals surface area contributed by atoms with Crippen molar-refractivity contribution in [3.8, 4) is 0 Å². The van der Waals surface area contributed by atoms with Crippen molar-refractivity contribution in [1.29, 1.82) is 0 Å². The Kier molecular flexibility index (Phi) is 2.89. The lowest BCUT2D eigenvalue weighted by atomic mass is 10.0. The molecule has 0 radical (unpaired) electrons. The van der Waals surface area contributed by atoms with Gasteiger partial charge in [0.05, 0.1) is 0 Å². The Morgan fingerprint density at radius 3 is 2.47 bits per heavy atom. The van der Waals surface area contributed by atoms with Gasteiger partial charge in [0.1, 0.15) is 0 Å². The van der Waals surface area contributed by atoms with Crippen LogP contribution < -0.4 is 5.32 Å². The van der Waals surface area contributed by atoms with Crippen LogP contribution in [0.5, 0.6) is 0 Å². The first-order chi connectivity index (χ1) is 8.18. The predicted molar refractivity (Wildman–Crippen MR) is 67.5 cm³/mol. The fourth-order valence-corrected chi connectivity index (χ4v) is 4.33. The second-order valence-corrected chi connectivity index (χ2v) is 6.36. The summed E-state index contributed by atoms with van der Waals surface area (Å²) in [6.45, 7) is 1.02. The first-order valence-electron chi connectivity index (χ1n) is 7.12. The van der Waals surface area contributed by atoms with Crippen molar-refractivity contribution in [2.24, 2.45) is 23.7 Å². The zero-order valence-electron chi connectivity index (χ0n) is 11.0. The molecule has 0 aromatic carbocycles. The number of hydrogen-bond donors (Lipinski definition) is 1. The fourth-order valence-electron chi connectivity index (χ4n) is 4.33. The number of fused-ring (bicyclic) bond motifs is 5. The highest BCUT2D eigenvalue weighted by molar-refractivity contribution is 5.75. The van der Waals surface area contributed by atoms with Gasteiger partial charge in [0.15, 0.2) is 0 Å². The molecular formula is C14H24N2O. The van der Waals surface area contributed by atoms with E-state index in [-0.39, 0.29) is 5.91 Å². The van der Waals surface area contributed by atoms with Gasteiger partial charge in [0, 0.05) is 26.6 Å². The molecule has 3 aliphatic rings. The summed E-state index contributed by atoms with van der Waals surface area (Å²) in [5.74, 6) is 4.37. The van der Waals surface area contributed by atoms with Crippen LogP contribution in [0, 0.1) is 23.7 Å². The van der Waals surface area contributed by atoms with Crippen LogP contribution in [0.15, 0.2) is 0 Å². The summed E-state index contributed by atoms with van der Waals surface area (Å²) in [5.41, 5.74) is 0. The lowest BCUT2D eigenvalue weighted by Gasteiger charge is -2.12. The second kappa shape index (κ2) is 4.27. The van der Waals surface area contributed by atoms with Crippen LogP contribution in [0.2, 0.25) is 0 Å². The molecule has 4 unspecified atom stereocenters. The Balaban J connectivity index is 1.34. The molecule has 4 atom stereocenters. The van der Waals surface area contributed by atoms with Crippen LogP contribution >= 0.6 is 0 Å². The number of hydrogen-bond acceptors (Lipinski definition) is 2. The Labute approximate surface area is 104 Å². The van der Waals surface area contributed by atoms with E-state index in [0.29, 0.717) is 6.42 Å². The van der Waals surface area contributed by atoms with Crippen LogP contribution in [0.1, 0.15) is 32.1 Å². The number of rotatable bonds is 5. The lowest BCUT2D eigenvalue weighted by molar-refractivity contribution is -0.128. The number of amides is 1. The number of carbonyl (C=O) groups excluding carboxylic acids is 1. The van der Waals surface area contributed by atoms with Gasteiger partial charge in [-0.1, -0.05) is 0 Å². The maximum Gasteiger partial charge on any atom is 0.222 e. The van der Waals surface area contributed by atoms with Gasteiger partial charge in [-0.3, -0.25) is 4.79 Å². The minimum Gasteiger partial charge on any atom is -0.349 e. The van der Waals surface area contributed by atoms with Crippen molar-refractivity contribution >= 4 is 5.91 Å². The van der Waals surface area contributed by atoms with Gasteiger partial charge < -0.3 is 10.2 Å². The topological polar surface area (TPSA) is 32.3 Å². The van der Waals surface area contributed by atoms with E-state index in [1.807, 2.05) is 14.1 Å². The molecule has 0 aromatic heterocycles. The molecule has 3 fully saturated rings. The molecule has 3 aliphatic carbocycles. The number of nitrogens with one attached hydrogen (secondary N) is 1. The van der Waals surface area contributed by atoms with Crippen LogP contribution in [-0.4, -0.2) is 37.5 Å². The zero-order valence-corrected chi connectivity index (χ0v) is 11.0. The van der Waals surface area contributed by atoms with E-state index in [2.05, 4.69) is 5.32 Å². The van der Waals surface area contributed by atoms with E-state index in [9.17, 15) is 4.79 Å². The molecule has 3 saturated carbocycles. The molecule has 17 heavy (non-hydrogen) atoms. The van der Waals surface area contributed by atoms with Gasteiger partial charge >= 0.3 is 0 Å². The summed E-state index contributed by atoms with van der Waals surface area (Å²) in [7, 11) is 3.66. The van der Waals surface area contributed by atoms with E-state index in [4.69, 9.17) is 0 Å². The minimum absolute atomic E-state index is 0.253. The normalized spacial score (nSPS) is 41.4. The van der Waals surface area contributed by atoms with E-state index in [1.54, 1.807) is 4.90 Å². The van der Waals surface area contributed by atoms with Crippen molar-refractivity contribution in [2.75, 3.05) is 20.6 Å². The summed E-state index contributed by atoms with van der Waals surface area (Å²) in [4.78, 5) is 13.1. The van der Waals surface area contributed by atoms with Crippen molar-refractivity contribution in [1.82, 2.24) is 10.2 Å². The van der Waals surface area contributed by atoms with Gasteiger partial charge in [-0.25, -0.2) is 0 Å². The molecule has 0 aromatic rings. The SMILES string of the molecule is CN(C)C(=O)CCCNC1C2C3CCC(C3)C12. The Morgan fingerprint density at radius 2 is 1.88 bits per heavy atom. The smallest absolute Gasteiger partial charge is 0.222 e. The molecular weight excluding hydrogens is 212 g/mol. The molecule has 0 saturated heterocycles. The van der Waals surface area contributed by atoms with Gasteiger partial charge in [-0.2, -0.15) is 0 Å². The molecule has 96 valence electrons. The first-order valence-corrected chi connectivity index (χ1v) is 7.12. The molecule has 1 N–H and O–H groups in total. The number of carbonyl (C=O) groups is 1. The highest BCUT2D eigenvalue weighted by Gasteiger charge is 2.64. The van der Waals surface area contributed by atoms with Gasteiger partial charge in [-0.15, -0.1) is 0 Å². The van der Waals surface area contributed by atoms with Crippen LogP contribution in [0.3, 0.4) is 0 Å². The third-order valence-electron chi connectivity index (χ3n) is 5.18. The van der Waals surface area contributed by atoms with E-state index < -0.39 is 0 Å². The third kappa shape index (κ3) is 1.99. The summed E-state index contributed by atoms with van der Waals surface area (Å²) in [5, 5.41) is 3.68. The highest BCUT2D eigenvalue weighted by Crippen LogP contribution is 2.65. The lowest BCUT2D eigenvalue weighted by Crippen LogP contribution is -2.26. The highest BCUT2D eigenvalue weighted by atomic mass is 16.2. The molecule has 0 spiro atoms. The monoisotopic (exact) mass is 236 g/mol. The Hall–Kier alpha value is -0.570.